The van der Waals surface area contributed by atoms with E-state index < -0.39 is 10.0 Å². The molecule has 7 heteroatoms. The predicted molar refractivity (Wildman–Crippen MR) is 89.1 cm³/mol. The van der Waals surface area contributed by atoms with E-state index in [2.05, 4.69) is 0 Å². The summed E-state index contributed by atoms with van der Waals surface area (Å²) in [7, 11) is -3.21. The first kappa shape index (κ1) is 17.7. The van der Waals surface area contributed by atoms with Crippen LogP contribution in [0.3, 0.4) is 0 Å². The SMILES string of the molecule is CC(C)(C)c1cc(C(=O)N2CCN(S(C)(=O)=O)CC2)ccc1O. The van der Waals surface area contributed by atoms with Crippen molar-refractivity contribution in [1.29, 1.82) is 0 Å². The van der Waals surface area contributed by atoms with E-state index in [-0.39, 0.29) is 17.1 Å². The number of amides is 1. The second-order valence-corrected chi connectivity index (χ2v) is 8.92. The Morgan fingerprint density at radius 3 is 2.17 bits per heavy atom. The Labute approximate surface area is 137 Å². The highest BCUT2D eigenvalue weighted by Crippen LogP contribution is 2.31. The number of benzene rings is 1. The van der Waals surface area contributed by atoms with Gasteiger partial charge in [0.05, 0.1) is 6.26 Å². The quantitative estimate of drug-likeness (QED) is 0.883. The van der Waals surface area contributed by atoms with Gasteiger partial charge in [-0.2, -0.15) is 4.31 Å². The zero-order chi connectivity index (χ0) is 17.4. The number of nitrogens with zero attached hydrogens (tertiary/aromatic N) is 2. The van der Waals surface area contributed by atoms with Crippen molar-refractivity contribution in [3.05, 3.63) is 29.3 Å². The van der Waals surface area contributed by atoms with Crippen molar-refractivity contribution < 1.29 is 18.3 Å². The van der Waals surface area contributed by atoms with Crippen LogP contribution in [0.4, 0.5) is 0 Å². The molecule has 0 bridgehead atoms. The van der Waals surface area contributed by atoms with Gasteiger partial charge >= 0.3 is 0 Å². The van der Waals surface area contributed by atoms with Crippen molar-refractivity contribution in [2.45, 2.75) is 26.2 Å². The van der Waals surface area contributed by atoms with E-state index in [1.165, 1.54) is 10.6 Å². The van der Waals surface area contributed by atoms with Gasteiger partial charge in [0, 0.05) is 37.3 Å². The smallest absolute Gasteiger partial charge is 0.253 e. The van der Waals surface area contributed by atoms with E-state index in [1.54, 1.807) is 23.1 Å². The minimum absolute atomic E-state index is 0.136. The molecule has 23 heavy (non-hydrogen) atoms. The molecule has 1 fully saturated rings. The summed E-state index contributed by atoms with van der Waals surface area (Å²) in [5.41, 5.74) is 0.966. The summed E-state index contributed by atoms with van der Waals surface area (Å²) in [5, 5.41) is 9.99. The maximum atomic E-state index is 12.6. The average Bonchev–Trinajstić information content (AvgIpc) is 2.45. The van der Waals surface area contributed by atoms with E-state index in [9.17, 15) is 18.3 Å². The Morgan fingerprint density at radius 1 is 1.13 bits per heavy atom. The predicted octanol–water partition coefficient (Wildman–Crippen LogP) is 1.41. The molecule has 1 aromatic rings. The molecule has 1 heterocycles. The van der Waals surface area contributed by atoms with Crippen molar-refractivity contribution in [2.75, 3.05) is 32.4 Å². The third kappa shape index (κ3) is 4.03. The molecular weight excluding hydrogens is 316 g/mol. The Bertz CT molecular complexity index is 699. The summed E-state index contributed by atoms with van der Waals surface area (Å²) < 4.78 is 24.4. The Balaban J connectivity index is 2.16. The van der Waals surface area contributed by atoms with E-state index in [1.807, 2.05) is 20.8 Å². The first-order valence-corrected chi connectivity index (χ1v) is 9.43. The number of sulfonamides is 1. The lowest BCUT2D eigenvalue weighted by Crippen LogP contribution is -2.50. The molecule has 128 valence electrons. The molecule has 0 spiro atoms. The fourth-order valence-corrected chi connectivity index (χ4v) is 3.50. The van der Waals surface area contributed by atoms with Crippen molar-refractivity contribution in [1.82, 2.24) is 9.21 Å². The van der Waals surface area contributed by atoms with Crippen molar-refractivity contribution in [3.63, 3.8) is 0 Å². The molecule has 0 unspecified atom stereocenters. The Kier molecular flexibility index (Phi) is 4.73. The van der Waals surface area contributed by atoms with Crippen LogP contribution in [0.1, 0.15) is 36.7 Å². The van der Waals surface area contributed by atoms with Crippen molar-refractivity contribution in [2.24, 2.45) is 0 Å². The number of carbonyl (C=O) groups is 1. The highest BCUT2D eigenvalue weighted by Gasteiger charge is 2.27. The van der Waals surface area contributed by atoms with Crippen LogP contribution in [-0.4, -0.2) is 61.1 Å². The minimum atomic E-state index is -3.21. The van der Waals surface area contributed by atoms with Gasteiger partial charge in [-0.3, -0.25) is 4.79 Å². The van der Waals surface area contributed by atoms with Crippen molar-refractivity contribution in [3.8, 4) is 5.75 Å². The standard InChI is InChI=1S/C16H24N2O4S/c1-16(2,3)13-11-12(5-6-14(13)19)15(20)17-7-9-18(10-8-17)23(4,21)22/h5-6,11,19H,7-10H2,1-4H3. The van der Waals surface area contributed by atoms with Crippen LogP contribution in [0.2, 0.25) is 0 Å². The lowest BCUT2D eigenvalue weighted by Gasteiger charge is -2.33. The van der Waals surface area contributed by atoms with Gasteiger partial charge in [-0.25, -0.2) is 8.42 Å². The fraction of sp³-hybridized carbons (Fsp3) is 0.562. The number of phenolic OH excluding ortho intramolecular Hbond substituents is 1. The van der Waals surface area contributed by atoms with Gasteiger partial charge in [-0.1, -0.05) is 20.8 Å². The molecule has 1 aromatic carbocycles. The van der Waals surface area contributed by atoms with Crippen LogP contribution in [0.25, 0.3) is 0 Å². The van der Waals surface area contributed by atoms with Crippen LogP contribution in [0, 0.1) is 0 Å². The maximum absolute atomic E-state index is 12.6. The largest absolute Gasteiger partial charge is 0.508 e. The lowest BCUT2D eigenvalue weighted by atomic mass is 9.85. The third-order valence-electron chi connectivity index (χ3n) is 4.05. The fourth-order valence-electron chi connectivity index (χ4n) is 2.68. The van der Waals surface area contributed by atoms with Gasteiger partial charge < -0.3 is 10.0 Å². The number of aromatic hydroxyl groups is 1. The molecule has 1 aliphatic rings. The second kappa shape index (κ2) is 6.13. The molecule has 0 aromatic heterocycles. The number of carbonyl (C=O) groups excluding carboxylic acids is 1. The topological polar surface area (TPSA) is 77.9 Å². The molecule has 1 aliphatic heterocycles. The van der Waals surface area contributed by atoms with E-state index in [0.717, 1.165) is 5.56 Å². The molecule has 1 amide bonds. The average molecular weight is 340 g/mol. The Hall–Kier alpha value is -1.60. The maximum Gasteiger partial charge on any atom is 0.253 e. The molecule has 1 saturated heterocycles. The van der Waals surface area contributed by atoms with Gasteiger partial charge in [0.2, 0.25) is 10.0 Å². The highest BCUT2D eigenvalue weighted by molar-refractivity contribution is 7.88. The van der Waals surface area contributed by atoms with Crippen LogP contribution in [0.5, 0.6) is 5.75 Å². The van der Waals surface area contributed by atoms with E-state index in [4.69, 9.17) is 0 Å². The monoisotopic (exact) mass is 340 g/mol. The van der Waals surface area contributed by atoms with Crippen LogP contribution in [0.15, 0.2) is 18.2 Å². The lowest BCUT2D eigenvalue weighted by molar-refractivity contribution is 0.0698. The van der Waals surface area contributed by atoms with Crippen LogP contribution in [-0.2, 0) is 15.4 Å². The summed E-state index contributed by atoms with van der Waals surface area (Å²) in [6.07, 6.45) is 1.18. The third-order valence-corrected chi connectivity index (χ3v) is 5.35. The number of phenols is 1. The summed E-state index contributed by atoms with van der Waals surface area (Å²) in [5.74, 6) is 0.0413. The van der Waals surface area contributed by atoms with Gasteiger partial charge in [0.25, 0.3) is 5.91 Å². The summed E-state index contributed by atoms with van der Waals surface area (Å²) in [6.45, 7) is 7.29. The first-order chi connectivity index (χ1) is 10.5. The number of hydrogen-bond donors (Lipinski definition) is 1. The first-order valence-electron chi connectivity index (χ1n) is 7.58. The Morgan fingerprint density at radius 2 is 1.70 bits per heavy atom. The zero-order valence-corrected chi connectivity index (χ0v) is 14.9. The molecule has 0 saturated carbocycles. The highest BCUT2D eigenvalue weighted by atomic mass is 32.2. The second-order valence-electron chi connectivity index (χ2n) is 6.94. The zero-order valence-electron chi connectivity index (χ0n) is 14.0. The minimum Gasteiger partial charge on any atom is -0.508 e. The molecule has 1 N–H and O–H groups in total. The van der Waals surface area contributed by atoms with Crippen molar-refractivity contribution >= 4 is 15.9 Å². The van der Waals surface area contributed by atoms with Gasteiger partial charge in [0.1, 0.15) is 5.75 Å². The summed E-state index contributed by atoms with van der Waals surface area (Å²) in [4.78, 5) is 14.3. The number of rotatable bonds is 2. The van der Waals surface area contributed by atoms with Crippen LogP contribution < -0.4 is 0 Å². The van der Waals surface area contributed by atoms with Gasteiger partial charge in [0.15, 0.2) is 0 Å². The summed E-state index contributed by atoms with van der Waals surface area (Å²) in [6, 6.07) is 4.87. The number of hydrogen-bond acceptors (Lipinski definition) is 4. The summed E-state index contributed by atoms with van der Waals surface area (Å²) >= 11 is 0. The van der Waals surface area contributed by atoms with Crippen LogP contribution >= 0.6 is 0 Å². The number of piperazine rings is 1. The molecule has 2 rings (SSSR count). The molecule has 0 radical (unpaired) electrons. The normalized spacial score (nSPS) is 17.3. The molecular formula is C16H24N2O4S. The van der Waals surface area contributed by atoms with E-state index in [0.29, 0.717) is 31.7 Å². The molecule has 0 atom stereocenters. The van der Waals surface area contributed by atoms with E-state index >= 15 is 0 Å². The van der Waals surface area contributed by atoms with Gasteiger partial charge in [-0.15, -0.1) is 0 Å². The molecule has 6 nitrogen and oxygen atoms in total. The molecule has 0 aliphatic carbocycles. The van der Waals surface area contributed by atoms with Gasteiger partial charge in [-0.05, 0) is 23.6 Å².